The zero-order valence-corrected chi connectivity index (χ0v) is 16.5. The van der Waals surface area contributed by atoms with E-state index in [0.717, 1.165) is 6.07 Å². The molecule has 0 aromatic heterocycles. The second-order valence-electron chi connectivity index (χ2n) is 6.51. The molecule has 30 heavy (non-hydrogen) atoms. The van der Waals surface area contributed by atoms with Gasteiger partial charge < -0.3 is 10.6 Å². The van der Waals surface area contributed by atoms with Crippen molar-refractivity contribution < 1.29 is 22.8 Å². The zero-order valence-electron chi connectivity index (χ0n) is 16.5. The molecule has 0 aliphatic heterocycles. The Morgan fingerprint density at radius 3 is 2.47 bits per heavy atom. The molecule has 1 unspecified atom stereocenters. The van der Waals surface area contributed by atoms with Gasteiger partial charge in [-0.2, -0.15) is 18.4 Å². The van der Waals surface area contributed by atoms with Gasteiger partial charge >= 0.3 is 6.18 Å². The smallest absolute Gasteiger partial charge is 0.325 e. The number of rotatable bonds is 7. The number of hydrogen-bond donors (Lipinski definition) is 2. The molecule has 6 nitrogen and oxygen atoms in total. The molecular formula is C21H21F3N4O2. The first-order chi connectivity index (χ1) is 14.2. The van der Waals surface area contributed by atoms with Crippen LogP contribution in [0.25, 0.3) is 0 Å². The standard InChI is InChI=1S/C21H21F3N4O2/c1-3-28(14(2)20(30)26-16-8-6-7-15(11-16)12-25)13-19(29)27-18-10-5-4-9-17(18)21(22,23)24/h4-11,14H,3,13H2,1-2H3,(H,26,30)(H,27,29). The van der Waals surface area contributed by atoms with E-state index in [-0.39, 0.29) is 12.2 Å². The number of nitrogens with zero attached hydrogens (tertiary/aromatic N) is 2. The number of likely N-dealkylation sites (N-methyl/N-ethyl adjacent to an activating group) is 1. The summed E-state index contributed by atoms with van der Waals surface area (Å²) in [4.78, 5) is 26.4. The second-order valence-corrected chi connectivity index (χ2v) is 6.51. The Labute approximate surface area is 172 Å². The van der Waals surface area contributed by atoms with Crippen LogP contribution in [0.1, 0.15) is 25.0 Å². The third-order valence-electron chi connectivity index (χ3n) is 4.45. The number of carbonyl (C=O) groups is 2. The van der Waals surface area contributed by atoms with Gasteiger partial charge in [0.05, 0.1) is 35.5 Å². The summed E-state index contributed by atoms with van der Waals surface area (Å²) in [5.41, 5.74) is -0.456. The van der Waals surface area contributed by atoms with Crippen LogP contribution in [0.3, 0.4) is 0 Å². The highest BCUT2D eigenvalue weighted by Crippen LogP contribution is 2.34. The van der Waals surface area contributed by atoms with E-state index in [4.69, 9.17) is 5.26 Å². The van der Waals surface area contributed by atoms with Crippen LogP contribution in [0.2, 0.25) is 0 Å². The summed E-state index contributed by atoms with van der Waals surface area (Å²) in [5.74, 6) is -1.07. The lowest BCUT2D eigenvalue weighted by Gasteiger charge is -2.26. The predicted octanol–water partition coefficient (Wildman–Crippen LogP) is 3.86. The normalized spacial score (nSPS) is 12.2. The Morgan fingerprint density at radius 1 is 1.13 bits per heavy atom. The first kappa shape index (κ1) is 22.9. The van der Waals surface area contributed by atoms with Crippen LogP contribution in [0.15, 0.2) is 48.5 Å². The highest BCUT2D eigenvalue weighted by molar-refractivity contribution is 5.96. The van der Waals surface area contributed by atoms with E-state index in [1.165, 1.54) is 29.2 Å². The maximum Gasteiger partial charge on any atom is 0.418 e. The van der Waals surface area contributed by atoms with Crippen molar-refractivity contribution in [2.24, 2.45) is 0 Å². The van der Waals surface area contributed by atoms with Gasteiger partial charge in [0.2, 0.25) is 11.8 Å². The Balaban J connectivity index is 2.04. The summed E-state index contributed by atoms with van der Waals surface area (Å²) in [6.45, 7) is 3.37. The van der Waals surface area contributed by atoms with Gasteiger partial charge in [-0.3, -0.25) is 14.5 Å². The van der Waals surface area contributed by atoms with Crippen LogP contribution in [-0.4, -0.2) is 35.8 Å². The van der Waals surface area contributed by atoms with Crippen molar-refractivity contribution in [2.75, 3.05) is 23.7 Å². The number of hydrogen-bond acceptors (Lipinski definition) is 4. The number of alkyl halides is 3. The summed E-state index contributed by atoms with van der Waals surface area (Å²) in [5, 5.41) is 13.9. The lowest BCUT2D eigenvalue weighted by atomic mass is 10.1. The van der Waals surface area contributed by atoms with E-state index in [9.17, 15) is 22.8 Å². The lowest BCUT2D eigenvalue weighted by molar-refractivity contribution is -0.137. The predicted molar refractivity (Wildman–Crippen MR) is 107 cm³/mol. The molecule has 2 rings (SSSR count). The summed E-state index contributed by atoms with van der Waals surface area (Å²) >= 11 is 0. The average molecular weight is 418 g/mol. The van der Waals surface area contributed by atoms with Crippen molar-refractivity contribution in [3.63, 3.8) is 0 Å². The SMILES string of the molecule is CCN(CC(=O)Nc1ccccc1C(F)(F)F)C(C)C(=O)Nc1cccc(C#N)c1. The number of para-hydroxylation sites is 1. The van der Waals surface area contributed by atoms with Crippen LogP contribution in [0.5, 0.6) is 0 Å². The Bertz CT molecular complexity index is 954. The number of anilines is 2. The van der Waals surface area contributed by atoms with Gasteiger partial charge in [0, 0.05) is 5.69 Å². The molecule has 2 amide bonds. The molecule has 0 radical (unpaired) electrons. The maximum atomic E-state index is 13.1. The third kappa shape index (κ3) is 6.06. The number of amides is 2. The number of carbonyl (C=O) groups excluding carboxylic acids is 2. The molecule has 2 aromatic rings. The topological polar surface area (TPSA) is 85.2 Å². The van der Waals surface area contributed by atoms with Crippen molar-refractivity contribution in [1.82, 2.24) is 4.90 Å². The molecule has 0 bridgehead atoms. The number of nitriles is 1. The molecule has 0 heterocycles. The number of benzene rings is 2. The largest absolute Gasteiger partial charge is 0.418 e. The molecule has 0 saturated heterocycles. The summed E-state index contributed by atoms with van der Waals surface area (Å²) in [7, 11) is 0. The summed E-state index contributed by atoms with van der Waals surface area (Å²) in [6.07, 6.45) is -4.60. The molecule has 158 valence electrons. The average Bonchev–Trinajstić information content (AvgIpc) is 2.71. The van der Waals surface area contributed by atoms with Crippen molar-refractivity contribution >= 4 is 23.2 Å². The molecule has 2 N–H and O–H groups in total. The fourth-order valence-corrected chi connectivity index (χ4v) is 2.82. The highest BCUT2D eigenvalue weighted by atomic mass is 19.4. The van der Waals surface area contributed by atoms with Crippen molar-refractivity contribution in [3.8, 4) is 6.07 Å². The molecule has 9 heteroatoms. The minimum absolute atomic E-state index is 0.268. The molecular weight excluding hydrogens is 397 g/mol. The maximum absolute atomic E-state index is 13.1. The van der Waals surface area contributed by atoms with Gasteiger partial charge in [0.25, 0.3) is 0 Å². The fourth-order valence-electron chi connectivity index (χ4n) is 2.82. The first-order valence-corrected chi connectivity index (χ1v) is 9.16. The summed E-state index contributed by atoms with van der Waals surface area (Å²) in [6, 6.07) is 12.3. The number of halogens is 3. The van der Waals surface area contributed by atoms with Gasteiger partial charge in [-0.15, -0.1) is 0 Å². The van der Waals surface area contributed by atoms with Crippen LogP contribution in [-0.2, 0) is 15.8 Å². The molecule has 0 spiro atoms. The van der Waals surface area contributed by atoms with Crippen LogP contribution >= 0.6 is 0 Å². The molecule has 2 aromatic carbocycles. The van der Waals surface area contributed by atoms with E-state index in [0.29, 0.717) is 17.8 Å². The van der Waals surface area contributed by atoms with Crippen molar-refractivity contribution in [3.05, 3.63) is 59.7 Å². The third-order valence-corrected chi connectivity index (χ3v) is 4.45. The van der Waals surface area contributed by atoms with E-state index in [2.05, 4.69) is 10.6 Å². The van der Waals surface area contributed by atoms with Crippen molar-refractivity contribution in [1.29, 1.82) is 5.26 Å². The number of nitrogens with one attached hydrogen (secondary N) is 2. The van der Waals surface area contributed by atoms with Gasteiger partial charge in [0.1, 0.15) is 0 Å². The molecule has 0 aliphatic rings. The van der Waals surface area contributed by atoms with E-state index < -0.39 is 29.6 Å². The summed E-state index contributed by atoms with van der Waals surface area (Å²) < 4.78 is 39.3. The van der Waals surface area contributed by atoms with Crippen LogP contribution in [0.4, 0.5) is 24.5 Å². The van der Waals surface area contributed by atoms with Crippen molar-refractivity contribution in [2.45, 2.75) is 26.1 Å². The minimum atomic E-state index is -4.60. The monoisotopic (exact) mass is 418 g/mol. The van der Waals surface area contributed by atoms with E-state index in [1.807, 2.05) is 6.07 Å². The second kappa shape index (κ2) is 9.89. The Morgan fingerprint density at radius 2 is 1.83 bits per heavy atom. The molecule has 0 fully saturated rings. The molecule has 1 atom stereocenters. The van der Waals surface area contributed by atoms with Crippen LogP contribution < -0.4 is 10.6 Å². The first-order valence-electron chi connectivity index (χ1n) is 9.16. The van der Waals surface area contributed by atoms with Gasteiger partial charge in [-0.25, -0.2) is 0 Å². The van der Waals surface area contributed by atoms with E-state index >= 15 is 0 Å². The zero-order chi connectivity index (χ0) is 22.3. The molecule has 0 saturated carbocycles. The minimum Gasteiger partial charge on any atom is -0.325 e. The van der Waals surface area contributed by atoms with E-state index in [1.54, 1.807) is 32.0 Å². The highest BCUT2D eigenvalue weighted by Gasteiger charge is 2.33. The quantitative estimate of drug-likeness (QED) is 0.715. The van der Waals surface area contributed by atoms with Gasteiger partial charge in [-0.1, -0.05) is 25.1 Å². The van der Waals surface area contributed by atoms with Gasteiger partial charge in [-0.05, 0) is 43.8 Å². The lowest BCUT2D eigenvalue weighted by Crippen LogP contribution is -2.45. The van der Waals surface area contributed by atoms with Gasteiger partial charge in [0.15, 0.2) is 0 Å². The van der Waals surface area contributed by atoms with Crippen LogP contribution in [0, 0.1) is 11.3 Å². The Hall–Kier alpha value is -3.38. The molecule has 0 aliphatic carbocycles. The fraction of sp³-hybridized carbons (Fsp3) is 0.286. The Kier molecular flexibility index (Phi) is 7.55.